The molecule has 0 aliphatic carbocycles. The minimum absolute atomic E-state index is 0. The van der Waals surface area contributed by atoms with Gasteiger partial charge in [-0.3, -0.25) is 0 Å². The minimum Gasteiger partial charge on any atom is -0.444 e. The van der Waals surface area contributed by atoms with Gasteiger partial charge in [0, 0.05) is 19.7 Å². The summed E-state index contributed by atoms with van der Waals surface area (Å²) in [5.41, 5.74) is 5.41. The number of nitrogens with two attached hydrogens (primary N) is 1. The van der Waals surface area contributed by atoms with E-state index in [-0.39, 0.29) is 36.1 Å². The summed E-state index contributed by atoms with van der Waals surface area (Å²) in [6, 6.07) is -0.000830. The van der Waals surface area contributed by atoms with Crippen molar-refractivity contribution in [3.8, 4) is 0 Å². The Labute approximate surface area is 163 Å². The molecule has 0 bridgehead atoms. The monoisotopic (exact) mass is 458 g/mol. The number of hydrogen-bond acceptors (Lipinski definition) is 4. The summed E-state index contributed by atoms with van der Waals surface area (Å²) in [4.78, 5) is 16.2. The van der Waals surface area contributed by atoms with Gasteiger partial charge in [-0.25, -0.2) is 9.79 Å². The van der Waals surface area contributed by atoms with Crippen LogP contribution in [0.4, 0.5) is 4.79 Å². The SMILES string of the molecule is CCCCC(CNC(=O)OC(C)(C)C)N=C(N)NC(C)COC.I. The molecule has 0 aliphatic heterocycles. The van der Waals surface area contributed by atoms with Crippen molar-refractivity contribution in [2.24, 2.45) is 10.7 Å². The Morgan fingerprint density at radius 1 is 1.33 bits per heavy atom. The average Bonchev–Trinajstić information content (AvgIpc) is 2.40. The third kappa shape index (κ3) is 14.8. The smallest absolute Gasteiger partial charge is 0.407 e. The Bertz CT molecular complexity index is 373. The predicted molar refractivity (Wildman–Crippen MR) is 109 cm³/mol. The van der Waals surface area contributed by atoms with E-state index in [1.54, 1.807) is 7.11 Å². The molecular weight excluding hydrogens is 423 g/mol. The molecule has 8 heteroatoms. The molecular formula is C16H35IN4O3. The summed E-state index contributed by atoms with van der Waals surface area (Å²) in [5.74, 6) is 0.363. The van der Waals surface area contributed by atoms with Gasteiger partial charge in [-0.2, -0.15) is 0 Å². The first-order chi connectivity index (χ1) is 10.7. The van der Waals surface area contributed by atoms with Gasteiger partial charge in [0.05, 0.1) is 12.6 Å². The first-order valence-electron chi connectivity index (χ1n) is 8.23. The van der Waals surface area contributed by atoms with Crippen molar-refractivity contribution < 1.29 is 14.3 Å². The lowest BCUT2D eigenvalue weighted by molar-refractivity contribution is 0.0524. The summed E-state index contributed by atoms with van der Waals surface area (Å²) in [7, 11) is 1.64. The van der Waals surface area contributed by atoms with Gasteiger partial charge in [-0.15, -0.1) is 24.0 Å². The standard InChI is InChI=1S/C16H34N4O3.HI/c1-7-8-9-13(10-18-15(21)23-16(3,4)5)20-14(17)19-12(2)11-22-6;/h12-13H,7-11H2,1-6H3,(H,18,21)(H3,17,19,20);1H. The number of carbonyl (C=O) groups is 1. The maximum atomic E-state index is 11.7. The van der Waals surface area contributed by atoms with Crippen LogP contribution >= 0.6 is 24.0 Å². The van der Waals surface area contributed by atoms with Crippen LogP contribution in [0.1, 0.15) is 53.9 Å². The van der Waals surface area contributed by atoms with Crippen LogP contribution in [-0.4, -0.2) is 50.0 Å². The molecule has 0 aromatic heterocycles. The van der Waals surface area contributed by atoms with Crippen LogP contribution in [0.15, 0.2) is 4.99 Å². The molecule has 0 aromatic rings. The second kappa shape index (κ2) is 13.5. The number of guanidine groups is 1. The molecule has 0 heterocycles. The molecule has 0 radical (unpaired) electrons. The second-order valence-corrected chi connectivity index (χ2v) is 6.69. The zero-order valence-corrected chi connectivity index (χ0v) is 18.2. The molecule has 0 aliphatic rings. The lowest BCUT2D eigenvalue weighted by Gasteiger charge is -2.21. The highest BCUT2D eigenvalue weighted by molar-refractivity contribution is 14.0. The van der Waals surface area contributed by atoms with Crippen LogP contribution in [0.5, 0.6) is 0 Å². The Morgan fingerprint density at radius 3 is 2.46 bits per heavy atom. The van der Waals surface area contributed by atoms with Crippen LogP contribution in [0, 0.1) is 0 Å². The number of rotatable bonds is 9. The number of hydrogen-bond donors (Lipinski definition) is 3. The van der Waals surface area contributed by atoms with Crippen molar-refractivity contribution in [3.63, 3.8) is 0 Å². The number of ether oxygens (including phenoxy) is 2. The maximum Gasteiger partial charge on any atom is 0.407 e. The van der Waals surface area contributed by atoms with E-state index < -0.39 is 11.7 Å². The van der Waals surface area contributed by atoms with Crippen molar-refractivity contribution in [1.82, 2.24) is 10.6 Å². The quantitative estimate of drug-likeness (QED) is 0.280. The fourth-order valence-corrected chi connectivity index (χ4v) is 1.95. The molecule has 0 spiro atoms. The zero-order chi connectivity index (χ0) is 17.9. The van der Waals surface area contributed by atoms with Gasteiger partial charge < -0.3 is 25.8 Å². The molecule has 24 heavy (non-hydrogen) atoms. The van der Waals surface area contributed by atoms with Gasteiger partial charge in [-0.1, -0.05) is 19.8 Å². The van der Waals surface area contributed by atoms with Crippen molar-refractivity contribution in [1.29, 1.82) is 0 Å². The van der Waals surface area contributed by atoms with Gasteiger partial charge in [-0.05, 0) is 34.1 Å². The topological polar surface area (TPSA) is 98.0 Å². The molecule has 0 rings (SSSR count). The molecule has 2 unspecified atom stereocenters. The van der Waals surface area contributed by atoms with E-state index in [9.17, 15) is 4.79 Å². The molecule has 2 atom stereocenters. The summed E-state index contributed by atoms with van der Waals surface area (Å²) in [6.45, 7) is 10.5. The second-order valence-electron chi connectivity index (χ2n) is 6.69. The minimum atomic E-state index is -0.511. The molecule has 144 valence electrons. The van der Waals surface area contributed by atoms with E-state index in [1.807, 2.05) is 27.7 Å². The van der Waals surface area contributed by atoms with Crippen LogP contribution < -0.4 is 16.4 Å². The maximum absolute atomic E-state index is 11.7. The highest BCUT2D eigenvalue weighted by Gasteiger charge is 2.17. The van der Waals surface area contributed by atoms with E-state index in [4.69, 9.17) is 15.2 Å². The van der Waals surface area contributed by atoms with E-state index in [1.165, 1.54) is 0 Å². The molecule has 7 nitrogen and oxygen atoms in total. The van der Waals surface area contributed by atoms with Gasteiger partial charge in [0.25, 0.3) is 0 Å². The molecule has 0 aromatic carbocycles. The van der Waals surface area contributed by atoms with E-state index in [0.717, 1.165) is 19.3 Å². The van der Waals surface area contributed by atoms with Crippen molar-refractivity contribution in [2.75, 3.05) is 20.3 Å². The predicted octanol–water partition coefficient (Wildman–Crippen LogP) is 2.63. The number of halogens is 1. The van der Waals surface area contributed by atoms with Crippen molar-refractivity contribution in [3.05, 3.63) is 0 Å². The number of unbranched alkanes of at least 4 members (excludes halogenated alkanes) is 1. The molecule has 0 saturated heterocycles. The Morgan fingerprint density at radius 2 is 1.96 bits per heavy atom. The molecule has 0 fully saturated rings. The third-order valence-electron chi connectivity index (χ3n) is 2.90. The number of methoxy groups -OCH3 is 1. The van der Waals surface area contributed by atoms with E-state index in [2.05, 4.69) is 22.5 Å². The van der Waals surface area contributed by atoms with Gasteiger partial charge in [0.15, 0.2) is 5.96 Å². The number of alkyl carbamates (subject to hydrolysis) is 1. The zero-order valence-electron chi connectivity index (χ0n) is 15.8. The molecule has 1 amide bonds. The number of nitrogens with one attached hydrogen (secondary N) is 2. The fourth-order valence-electron chi connectivity index (χ4n) is 1.95. The lowest BCUT2D eigenvalue weighted by atomic mass is 10.1. The van der Waals surface area contributed by atoms with Crippen LogP contribution in [0.2, 0.25) is 0 Å². The molecule has 0 saturated carbocycles. The average molecular weight is 458 g/mol. The first-order valence-corrected chi connectivity index (χ1v) is 8.23. The van der Waals surface area contributed by atoms with E-state index in [0.29, 0.717) is 19.1 Å². The highest BCUT2D eigenvalue weighted by Crippen LogP contribution is 2.08. The summed E-state index contributed by atoms with van der Waals surface area (Å²) in [6.07, 6.45) is 2.50. The van der Waals surface area contributed by atoms with Crippen LogP contribution in [0.25, 0.3) is 0 Å². The Kier molecular flexibility index (Phi) is 14.3. The summed E-state index contributed by atoms with van der Waals surface area (Å²) < 4.78 is 10.3. The Balaban J connectivity index is 0. The number of amides is 1. The first kappa shape index (κ1) is 25.5. The molecule has 4 N–H and O–H groups in total. The normalized spacial score (nSPS) is 14.3. The van der Waals surface area contributed by atoms with Crippen molar-refractivity contribution in [2.45, 2.75) is 71.6 Å². The Hall–Kier alpha value is -0.770. The van der Waals surface area contributed by atoms with Gasteiger partial charge in [0.1, 0.15) is 5.60 Å². The van der Waals surface area contributed by atoms with E-state index >= 15 is 0 Å². The number of nitrogens with zero attached hydrogens (tertiary/aromatic N) is 1. The number of carbonyl (C=O) groups excluding carboxylic acids is 1. The van der Waals surface area contributed by atoms with Crippen LogP contribution in [0.3, 0.4) is 0 Å². The van der Waals surface area contributed by atoms with Gasteiger partial charge >= 0.3 is 6.09 Å². The fraction of sp³-hybridized carbons (Fsp3) is 0.875. The third-order valence-corrected chi connectivity index (χ3v) is 2.90. The largest absolute Gasteiger partial charge is 0.444 e. The summed E-state index contributed by atoms with van der Waals surface area (Å²) in [5, 5.41) is 5.83. The van der Waals surface area contributed by atoms with Crippen molar-refractivity contribution >= 4 is 36.0 Å². The highest BCUT2D eigenvalue weighted by atomic mass is 127. The summed E-state index contributed by atoms with van der Waals surface area (Å²) >= 11 is 0. The number of aliphatic imine (C=N–C) groups is 1. The lowest BCUT2D eigenvalue weighted by Crippen LogP contribution is -2.43. The van der Waals surface area contributed by atoms with Crippen LogP contribution in [-0.2, 0) is 9.47 Å². The van der Waals surface area contributed by atoms with Gasteiger partial charge in [0.2, 0.25) is 0 Å².